The third kappa shape index (κ3) is 4.22. The molecule has 2 unspecified atom stereocenters. The molecular weight excluding hydrogens is 226 g/mol. The molecule has 102 valence electrons. The quantitative estimate of drug-likeness (QED) is 0.777. The molecule has 0 spiro atoms. The molecule has 0 aromatic heterocycles. The fourth-order valence-corrected chi connectivity index (χ4v) is 2.08. The van der Waals surface area contributed by atoms with Gasteiger partial charge in [0.05, 0.1) is 7.11 Å². The Bertz CT molecular complexity index is 366. The Hall–Kier alpha value is -1.22. The summed E-state index contributed by atoms with van der Waals surface area (Å²) in [5.74, 6) is 0.717. The number of hydrogen-bond donors (Lipinski definition) is 2. The highest BCUT2D eigenvalue weighted by molar-refractivity contribution is 5.42. The van der Waals surface area contributed by atoms with E-state index in [4.69, 9.17) is 4.74 Å². The molecule has 0 saturated carbocycles. The molecule has 0 saturated heterocycles. The molecule has 1 aromatic carbocycles. The molecule has 0 amide bonds. The predicted octanol–water partition coefficient (Wildman–Crippen LogP) is 3.63. The third-order valence-corrected chi connectivity index (χ3v) is 3.23. The topological polar surface area (TPSA) is 41.5 Å². The van der Waals surface area contributed by atoms with E-state index >= 15 is 0 Å². The zero-order chi connectivity index (χ0) is 13.5. The lowest BCUT2D eigenvalue weighted by molar-refractivity contribution is 0.371. The van der Waals surface area contributed by atoms with Crippen LogP contribution in [-0.2, 0) is 0 Å². The van der Waals surface area contributed by atoms with Gasteiger partial charge in [0.25, 0.3) is 0 Å². The largest absolute Gasteiger partial charge is 0.504 e. The molecule has 2 N–H and O–H groups in total. The van der Waals surface area contributed by atoms with Crippen molar-refractivity contribution in [1.82, 2.24) is 5.32 Å². The van der Waals surface area contributed by atoms with Crippen LogP contribution in [0.1, 0.15) is 51.6 Å². The summed E-state index contributed by atoms with van der Waals surface area (Å²) in [7, 11) is 1.57. The number of unbranched alkanes of at least 4 members (excludes halogenated alkanes) is 1. The normalized spacial score (nSPS) is 14.2. The lowest BCUT2D eigenvalue weighted by Crippen LogP contribution is -2.28. The van der Waals surface area contributed by atoms with Gasteiger partial charge in [0.1, 0.15) is 0 Å². The smallest absolute Gasteiger partial charge is 0.160 e. The number of rotatable bonds is 7. The lowest BCUT2D eigenvalue weighted by Gasteiger charge is -2.21. The molecule has 0 aliphatic heterocycles. The van der Waals surface area contributed by atoms with Crippen LogP contribution in [0.25, 0.3) is 0 Å². The van der Waals surface area contributed by atoms with Gasteiger partial charge < -0.3 is 15.2 Å². The van der Waals surface area contributed by atoms with Crippen molar-refractivity contribution in [2.75, 3.05) is 7.11 Å². The van der Waals surface area contributed by atoms with Gasteiger partial charge in [0, 0.05) is 12.1 Å². The Morgan fingerprint density at radius 1 is 1.33 bits per heavy atom. The molecule has 0 aliphatic carbocycles. The number of nitrogens with one attached hydrogen (secondary N) is 1. The van der Waals surface area contributed by atoms with Crippen LogP contribution in [0.5, 0.6) is 11.5 Å². The van der Waals surface area contributed by atoms with E-state index in [0.717, 1.165) is 5.56 Å². The van der Waals surface area contributed by atoms with Crippen LogP contribution in [-0.4, -0.2) is 18.3 Å². The average Bonchev–Trinajstić information content (AvgIpc) is 2.36. The van der Waals surface area contributed by atoms with Gasteiger partial charge in [0.15, 0.2) is 11.5 Å². The van der Waals surface area contributed by atoms with Crippen molar-refractivity contribution in [2.24, 2.45) is 0 Å². The van der Waals surface area contributed by atoms with Crippen molar-refractivity contribution in [1.29, 1.82) is 0 Å². The highest BCUT2D eigenvalue weighted by Crippen LogP contribution is 2.29. The molecule has 18 heavy (non-hydrogen) atoms. The Morgan fingerprint density at radius 2 is 2.06 bits per heavy atom. The number of hydrogen-bond acceptors (Lipinski definition) is 3. The fraction of sp³-hybridized carbons (Fsp3) is 0.600. The van der Waals surface area contributed by atoms with Gasteiger partial charge in [-0.25, -0.2) is 0 Å². The summed E-state index contributed by atoms with van der Waals surface area (Å²) >= 11 is 0. The lowest BCUT2D eigenvalue weighted by atomic mass is 10.1. The zero-order valence-electron chi connectivity index (χ0n) is 11.9. The first-order chi connectivity index (χ1) is 8.58. The van der Waals surface area contributed by atoms with E-state index in [0.29, 0.717) is 11.8 Å². The maximum absolute atomic E-state index is 9.57. The molecule has 3 heteroatoms. The van der Waals surface area contributed by atoms with Crippen LogP contribution in [0.4, 0.5) is 0 Å². The Kier molecular flexibility index (Phi) is 5.99. The zero-order valence-corrected chi connectivity index (χ0v) is 11.9. The van der Waals surface area contributed by atoms with Crippen LogP contribution >= 0.6 is 0 Å². The number of phenolic OH excluding ortho intramolecular Hbond substituents is 1. The van der Waals surface area contributed by atoms with Crippen LogP contribution in [0.15, 0.2) is 18.2 Å². The number of methoxy groups -OCH3 is 1. The van der Waals surface area contributed by atoms with Gasteiger partial charge in [-0.05, 0) is 38.0 Å². The second kappa shape index (κ2) is 7.27. The van der Waals surface area contributed by atoms with Crippen molar-refractivity contribution < 1.29 is 9.84 Å². The molecule has 3 nitrogen and oxygen atoms in total. The summed E-state index contributed by atoms with van der Waals surface area (Å²) in [6.07, 6.45) is 3.67. The van der Waals surface area contributed by atoms with E-state index in [1.165, 1.54) is 19.3 Å². The van der Waals surface area contributed by atoms with E-state index < -0.39 is 0 Å². The third-order valence-electron chi connectivity index (χ3n) is 3.23. The highest BCUT2D eigenvalue weighted by Gasteiger charge is 2.11. The maximum atomic E-state index is 9.57. The predicted molar refractivity (Wildman–Crippen MR) is 75.2 cm³/mol. The summed E-state index contributed by atoms with van der Waals surface area (Å²) in [6.45, 7) is 6.55. The minimum Gasteiger partial charge on any atom is -0.504 e. The van der Waals surface area contributed by atoms with Crippen molar-refractivity contribution in [2.45, 2.75) is 52.1 Å². The van der Waals surface area contributed by atoms with E-state index in [-0.39, 0.29) is 11.8 Å². The minimum atomic E-state index is 0.187. The van der Waals surface area contributed by atoms with Crippen LogP contribution < -0.4 is 10.1 Å². The van der Waals surface area contributed by atoms with Gasteiger partial charge in [-0.1, -0.05) is 25.8 Å². The van der Waals surface area contributed by atoms with Gasteiger partial charge in [-0.3, -0.25) is 0 Å². The van der Waals surface area contributed by atoms with E-state index in [1.807, 2.05) is 12.1 Å². The van der Waals surface area contributed by atoms with Gasteiger partial charge >= 0.3 is 0 Å². The number of aromatic hydroxyl groups is 1. The monoisotopic (exact) mass is 251 g/mol. The molecule has 1 aromatic rings. The number of ether oxygens (including phenoxy) is 1. The molecule has 0 fully saturated rings. The summed E-state index contributed by atoms with van der Waals surface area (Å²) in [5, 5.41) is 13.1. The molecule has 0 heterocycles. The van der Waals surface area contributed by atoms with Crippen LogP contribution in [0.2, 0.25) is 0 Å². The first-order valence-corrected chi connectivity index (χ1v) is 6.71. The minimum absolute atomic E-state index is 0.187. The fourth-order valence-electron chi connectivity index (χ4n) is 2.08. The van der Waals surface area contributed by atoms with Gasteiger partial charge in [-0.2, -0.15) is 0 Å². The van der Waals surface area contributed by atoms with Crippen molar-refractivity contribution in [3.8, 4) is 11.5 Å². The first kappa shape index (κ1) is 14.8. The molecule has 1 rings (SSSR count). The highest BCUT2D eigenvalue weighted by atomic mass is 16.5. The standard InChI is InChI=1S/C15H25NO2/c1-5-6-7-11(2)16-12(3)13-8-9-14(17)15(10-13)18-4/h8-12,16-17H,5-7H2,1-4H3. The van der Waals surface area contributed by atoms with Crippen molar-refractivity contribution in [3.05, 3.63) is 23.8 Å². The summed E-state index contributed by atoms with van der Waals surface area (Å²) in [5.41, 5.74) is 1.13. The SMILES string of the molecule is CCCCC(C)NC(C)c1ccc(O)c(OC)c1. The summed E-state index contributed by atoms with van der Waals surface area (Å²) in [6, 6.07) is 6.26. The van der Waals surface area contributed by atoms with Crippen molar-refractivity contribution in [3.63, 3.8) is 0 Å². The van der Waals surface area contributed by atoms with Crippen molar-refractivity contribution >= 4 is 0 Å². The molecule has 0 aliphatic rings. The summed E-state index contributed by atoms with van der Waals surface area (Å²) < 4.78 is 5.13. The molecule has 0 bridgehead atoms. The second-order valence-electron chi connectivity index (χ2n) is 4.86. The maximum Gasteiger partial charge on any atom is 0.160 e. The first-order valence-electron chi connectivity index (χ1n) is 6.71. The van der Waals surface area contributed by atoms with Gasteiger partial charge in [-0.15, -0.1) is 0 Å². The van der Waals surface area contributed by atoms with Crippen LogP contribution in [0.3, 0.4) is 0 Å². The Morgan fingerprint density at radius 3 is 2.67 bits per heavy atom. The second-order valence-corrected chi connectivity index (χ2v) is 4.86. The average molecular weight is 251 g/mol. The molecule has 2 atom stereocenters. The Balaban J connectivity index is 2.63. The Labute approximate surface area is 110 Å². The number of benzene rings is 1. The number of phenols is 1. The molecular formula is C15H25NO2. The van der Waals surface area contributed by atoms with E-state index in [9.17, 15) is 5.11 Å². The van der Waals surface area contributed by atoms with E-state index in [2.05, 4.69) is 26.1 Å². The van der Waals surface area contributed by atoms with E-state index in [1.54, 1.807) is 13.2 Å². The molecule has 0 radical (unpaired) electrons. The summed E-state index contributed by atoms with van der Waals surface area (Å²) in [4.78, 5) is 0. The van der Waals surface area contributed by atoms with Gasteiger partial charge in [0.2, 0.25) is 0 Å². The van der Waals surface area contributed by atoms with Crippen LogP contribution in [0, 0.1) is 0 Å².